The van der Waals surface area contributed by atoms with E-state index in [9.17, 15) is 9.59 Å². The lowest BCUT2D eigenvalue weighted by molar-refractivity contribution is -0.149. The number of rotatable bonds is 4. The Balaban J connectivity index is 1.42. The van der Waals surface area contributed by atoms with Crippen LogP contribution >= 0.6 is 11.3 Å². The summed E-state index contributed by atoms with van der Waals surface area (Å²) in [4.78, 5) is 30.4. The average molecular weight is 375 g/mol. The van der Waals surface area contributed by atoms with E-state index in [-0.39, 0.29) is 11.2 Å². The monoisotopic (exact) mass is 374 g/mol. The topological polar surface area (TPSA) is 40.6 Å². The van der Waals surface area contributed by atoms with Crippen molar-refractivity contribution in [1.29, 1.82) is 0 Å². The molecule has 3 fully saturated rings. The van der Waals surface area contributed by atoms with Crippen molar-refractivity contribution in [3.63, 3.8) is 0 Å². The van der Waals surface area contributed by atoms with Gasteiger partial charge in [-0.25, -0.2) is 0 Å². The molecule has 1 saturated carbocycles. The first-order valence-corrected chi connectivity index (χ1v) is 11.1. The van der Waals surface area contributed by atoms with Crippen molar-refractivity contribution in [3.8, 4) is 0 Å². The number of hydrogen-bond acceptors (Lipinski definition) is 4. The number of piperidine rings is 1. The fourth-order valence-electron chi connectivity index (χ4n) is 5.22. The summed E-state index contributed by atoms with van der Waals surface area (Å²) in [6.45, 7) is 5.34. The number of carbonyl (C=O) groups excluding carboxylic acids is 2. The van der Waals surface area contributed by atoms with Gasteiger partial charge in [0.15, 0.2) is 5.78 Å². The van der Waals surface area contributed by atoms with Crippen molar-refractivity contribution in [2.75, 3.05) is 19.6 Å². The van der Waals surface area contributed by atoms with Crippen molar-refractivity contribution in [2.24, 2.45) is 5.41 Å². The number of Topliss-reactive ketones (excluding diaryl/α,β-unsaturated/α-hetero) is 1. The Labute approximate surface area is 160 Å². The zero-order chi connectivity index (χ0) is 18.1. The third-order valence-electron chi connectivity index (χ3n) is 6.62. The van der Waals surface area contributed by atoms with Gasteiger partial charge in [0.2, 0.25) is 5.91 Å². The quantitative estimate of drug-likeness (QED) is 0.745. The van der Waals surface area contributed by atoms with Crippen LogP contribution in [0, 0.1) is 5.41 Å². The highest BCUT2D eigenvalue weighted by molar-refractivity contribution is 7.12. The van der Waals surface area contributed by atoms with Crippen LogP contribution in [0.4, 0.5) is 0 Å². The summed E-state index contributed by atoms with van der Waals surface area (Å²) in [5, 5.41) is 2.10. The zero-order valence-corrected chi connectivity index (χ0v) is 16.7. The van der Waals surface area contributed by atoms with Gasteiger partial charge in [-0.05, 0) is 62.6 Å². The lowest BCUT2D eigenvalue weighted by Gasteiger charge is -2.44. The van der Waals surface area contributed by atoms with E-state index < -0.39 is 0 Å². The normalized spacial score (nSPS) is 28.2. The summed E-state index contributed by atoms with van der Waals surface area (Å²) in [6, 6.07) is 2.52. The van der Waals surface area contributed by atoms with E-state index in [1.165, 1.54) is 49.0 Å². The van der Waals surface area contributed by atoms with Gasteiger partial charge < -0.3 is 4.90 Å². The molecule has 5 heteroatoms. The molecule has 1 aliphatic carbocycles. The van der Waals surface area contributed by atoms with Crippen LogP contribution in [0.2, 0.25) is 0 Å². The number of thiophene rings is 1. The summed E-state index contributed by atoms with van der Waals surface area (Å²) in [7, 11) is 0. The van der Waals surface area contributed by atoms with Crippen LogP contribution in [0.15, 0.2) is 11.4 Å². The minimum absolute atomic E-state index is 0.143. The van der Waals surface area contributed by atoms with E-state index in [1.54, 1.807) is 6.92 Å². The zero-order valence-electron chi connectivity index (χ0n) is 15.8. The molecule has 1 aromatic heterocycles. The Morgan fingerprint density at radius 1 is 1.19 bits per heavy atom. The van der Waals surface area contributed by atoms with Gasteiger partial charge in [0, 0.05) is 25.7 Å². The summed E-state index contributed by atoms with van der Waals surface area (Å²) in [5.41, 5.74) is 1.07. The summed E-state index contributed by atoms with van der Waals surface area (Å²) < 4.78 is 0. The van der Waals surface area contributed by atoms with Gasteiger partial charge in [0.25, 0.3) is 0 Å². The number of hydrogen-bond donors (Lipinski definition) is 0. The lowest BCUT2D eigenvalue weighted by Crippen LogP contribution is -2.54. The fourth-order valence-corrected chi connectivity index (χ4v) is 6.02. The average Bonchev–Trinajstić information content (AvgIpc) is 3.27. The third kappa shape index (κ3) is 3.48. The highest BCUT2D eigenvalue weighted by atomic mass is 32.1. The van der Waals surface area contributed by atoms with Crippen LogP contribution in [0.25, 0.3) is 0 Å². The molecule has 2 aliphatic heterocycles. The molecule has 4 rings (SSSR count). The van der Waals surface area contributed by atoms with Crippen molar-refractivity contribution >= 4 is 23.0 Å². The first kappa shape index (κ1) is 18.2. The number of ketones is 1. The minimum Gasteiger partial charge on any atom is -0.339 e. The number of carbonyl (C=O) groups is 2. The van der Waals surface area contributed by atoms with Crippen LogP contribution < -0.4 is 0 Å². The van der Waals surface area contributed by atoms with Crippen molar-refractivity contribution in [3.05, 3.63) is 21.9 Å². The van der Waals surface area contributed by atoms with Crippen molar-refractivity contribution < 1.29 is 9.59 Å². The fraction of sp³-hybridized carbons (Fsp3) is 0.714. The van der Waals surface area contributed by atoms with E-state index in [0.29, 0.717) is 11.9 Å². The molecule has 2 saturated heterocycles. The predicted molar refractivity (Wildman–Crippen MR) is 104 cm³/mol. The third-order valence-corrected chi connectivity index (χ3v) is 7.70. The van der Waals surface area contributed by atoms with Crippen LogP contribution in [-0.4, -0.2) is 47.2 Å². The molecule has 142 valence electrons. The van der Waals surface area contributed by atoms with E-state index in [4.69, 9.17) is 0 Å². The highest BCUT2D eigenvalue weighted by Crippen LogP contribution is 2.42. The molecule has 0 radical (unpaired) electrons. The molecule has 3 heterocycles. The lowest BCUT2D eigenvalue weighted by atomic mass is 9.77. The van der Waals surface area contributed by atoms with Gasteiger partial charge in [-0.1, -0.05) is 19.3 Å². The molecule has 1 atom stereocenters. The molecule has 1 spiro atoms. The second-order valence-corrected chi connectivity index (χ2v) is 9.42. The summed E-state index contributed by atoms with van der Waals surface area (Å²) in [5.74, 6) is 0.581. The van der Waals surface area contributed by atoms with Gasteiger partial charge >= 0.3 is 0 Å². The van der Waals surface area contributed by atoms with Gasteiger partial charge in [-0.15, -0.1) is 11.3 Å². The molecular weight excluding hydrogens is 344 g/mol. The Kier molecular flexibility index (Phi) is 5.20. The highest BCUT2D eigenvalue weighted by Gasteiger charge is 2.49. The molecule has 0 N–H and O–H groups in total. The van der Waals surface area contributed by atoms with Gasteiger partial charge in [-0.2, -0.15) is 0 Å². The maximum Gasteiger partial charge on any atom is 0.230 e. The Bertz CT molecular complexity index is 679. The maximum atomic E-state index is 13.4. The Hall–Kier alpha value is -1.20. The predicted octanol–water partition coefficient (Wildman–Crippen LogP) is 4.10. The van der Waals surface area contributed by atoms with E-state index in [2.05, 4.69) is 15.2 Å². The largest absolute Gasteiger partial charge is 0.339 e. The van der Waals surface area contributed by atoms with Crippen LogP contribution in [0.3, 0.4) is 0 Å². The van der Waals surface area contributed by atoms with Crippen LogP contribution in [-0.2, 0) is 11.3 Å². The molecule has 1 amide bonds. The van der Waals surface area contributed by atoms with E-state index in [0.717, 1.165) is 50.3 Å². The summed E-state index contributed by atoms with van der Waals surface area (Å²) >= 11 is 1.54. The van der Waals surface area contributed by atoms with Gasteiger partial charge in [0.05, 0.1) is 10.3 Å². The molecule has 0 unspecified atom stereocenters. The molecule has 0 bridgehead atoms. The minimum atomic E-state index is -0.144. The van der Waals surface area contributed by atoms with Gasteiger partial charge in [-0.3, -0.25) is 14.5 Å². The van der Waals surface area contributed by atoms with E-state index >= 15 is 0 Å². The number of amides is 1. The summed E-state index contributed by atoms with van der Waals surface area (Å²) in [6.07, 6.45) is 9.51. The Morgan fingerprint density at radius 3 is 2.73 bits per heavy atom. The first-order chi connectivity index (χ1) is 12.6. The molecule has 1 aromatic rings. The molecule has 4 nitrogen and oxygen atoms in total. The maximum absolute atomic E-state index is 13.4. The van der Waals surface area contributed by atoms with E-state index in [1.807, 2.05) is 6.07 Å². The smallest absolute Gasteiger partial charge is 0.230 e. The van der Waals surface area contributed by atoms with Crippen molar-refractivity contribution in [2.45, 2.75) is 70.9 Å². The second-order valence-electron chi connectivity index (χ2n) is 8.51. The Morgan fingerprint density at radius 2 is 2.00 bits per heavy atom. The first-order valence-electron chi connectivity index (χ1n) is 10.2. The molecule has 0 aromatic carbocycles. The molecular formula is C21H30N2O2S. The van der Waals surface area contributed by atoms with Crippen LogP contribution in [0.5, 0.6) is 0 Å². The standard InChI is InChI=1S/C21H30N2O2S/c1-16(24)19-12-17(14-26-19)13-22-11-9-21(15-22)8-5-10-23(20(21)25)18-6-3-2-4-7-18/h12,14,18H,2-11,13,15H2,1H3/t21-/m1/s1. The SMILES string of the molecule is CC(=O)c1cc(CN2CC[C@]3(CCCN(C4CCCCC4)C3=O)C2)cs1. The second kappa shape index (κ2) is 7.43. The number of nitrogens with zero attached hydrogens (tertiary/aromatic N) is 2. The number of likely N-dealkylation sites (tertiary alicyclic amines) is 2. The van der Waals surface area contributed by atoms with Crippen LogP contribution in [0.1, 0.15) is 73.5 Å². The molecule has 3 aliphatic rings. The molecule has 26 heavy (non-hydrogen) atoms. The van der Waals surface area contributed by atoms with Crippen molar-refractivity contribution in [1.82, 2.24) is 9.80 Å². The van der Waals surface area contributed by atoms with Gasteiger partial charge in [0.1, 0.15) is 0 Å².